The van der Waals surface area contributed by atoms with Crippen LogP contribution in [0.15, 0.2) is 24.3 Å². The first kappa shape index (κ1) is 16.0. The molecule has 20 heavy (non-hydrogen) atoms. The zero-order chi connectivity index (χ0) is 15.1. The van der Waals surface area contributed by atoms with Crippen LogP contribution in [0.5, 0.6) is 0 Å². The summed E-state index contributed by atoms with van der Waals surface area (Å²) < 4.78 is 0. The van der Waals surface area contributed by atoms with Crippen molar-refractivity contribution in [3.63, 3.8) is 0 Å². The van der Waals surface area contributed by atoms with Gasteiger partial charge in [-0.15, -0.1) is 0 Å². The summed E-state index contributed by atoms with van der Waals surface area (Å²) in [6, 6.07) is 6.66. The molecule has 0 radical (unpaired) electrons. The normalized spacial score (nSPS) is 12.0. The molecule has 1 aromatic carbocycles. The van der Waals surface area contributed by atoms with E-state index in [9.17, 15) is 9.59 Å². The molecule has 0 heterocycles. The number of urea groups is 1. The number of carbonyl (C=O) groups excluding carboxylic acids is 1. The van der Waals surface area contributed by atoms with E-state index in [0.717, 1.165) is 6.42 Å². The SMILES string of the molecule is Cc1ccccc1CCNC(=O)NC(C(=O)O)C(C)C. The summed E-state index contributed by atoms with van der Waals surface area (Å²) in [5.74, 6) is -1.18. The number of hydrogen-bond donors (Lipinski definition) is 3. The molecule has 0 aliphatic carbocycles. The average molecular weight is 278 g/mol. The number of rotatable bonds is 6. The van der Waals surface area contributed by atoms with Crippen molar-refractivity contribution < 1.29 is 14.7 Å². The molecule has 110 valence electrons. The number of benzene rings is 1. The molecule has 0 saturated heterocycles. The average Bonchev–Trinajstić information content (AvgIpc) is 2.37. The quantitative estimate of drug-likeness (QED) is 0.744. The Bertz CT molecular complexity index is 472. The molecule has 0 saturated carbocycles. The van der Waals surface area contributed by atoms with Gasteiger partial charge in [-0.3, -0.25) is 0 Å². The summed E-state index contributed by atoms with van der Waals surface area (Å²) in [5.41, 5.74) is 2.35. The van der Waals surface area contributed by atoms with Crippen LogP contribution in [0.3, 0.4) is 0 Å². The first-order chi connectivity index (χ1) is 9.41. The van der Waals surface area contributed by atoms with Crippen molar-refractivity contribution in [3.05, 3.63) is 35.4 Å². The van der Waals surface area contributed by atoms with Crippen LogP contribution in [0.2, 0.25) is 0 Å². The first-order valence-corrected chi connectivity index (χ1v) is 6.73. The monoisotopic (exact) mass is 278 g/mol. The van der Waals surface area contributed by atoms with E-state index in [0.29, 0.717) is 6.54 Å². The number of hydrogen-bond acceptors (Lipinski definition) is 2. The molecule has 0 bridgehead atoms. The van der Waals surface area contributed by atoms with Crippen LogP contribution in [-0.2, 0) is 11.2 Å². The Morgan fingerprint density at radius 2 is 1.90 bits per heavy atom. The summed E-state index contributed by atoms with van der Waals surface area (Å²) in [5, 5.41) is 14.1. The van der Waals surface area contributed by atoms with E-state index in [1.165, 1.54) is 11.1 Å². The predicted molar refractivity (Wildman–Crippen MR) is 77.7 cm³/mol. The van der Waals surface area contributed by atoms with Gasteiger partial charge in [0.1, 0.15) is 6.04 Å². The standard InChI is InChI=1S/C15H22N2O3/c1-10(2)13(14(18)19)17-15(20)16-9-8-12-7-5-4-6-11(12)3/h4-7,10,13H,8-9H2,1-3H3,(H,18,19)(H2,16,17,20). The molecule has 0 fully saturated rings. The zero-order valence-corrected chi connectivity index (χ0v) is 12.1. The van der Waals surface area contributed by atoms with Gasteiger partial charge in [0.25, 0.3) is 0 Å². The number of aliphatic carboxylic acids is 1. The second-order valence-electron chi connectivity index (χ2n) is 5.14. The van der Waals surface area contributed by atoms with Crippen molar-refractivity contribution in [2.24, 2.45) is 5.92 Å². The van der Waals surface area contributed by atoms with Gasteiger partial charge in [0.15, 0.2) is 0 Å². The molecule has 5 heteroatoms. The molecule has 1 atom stereocenters. The van der Waals surface area contributed by atoms with Crippen molar-refractivity contribution in [1.82, 2.24) is 10.6 Å². The Hall–Kier alpha value is -2.04. The topological polar surface area (TPSA) is 78.4 Å². The fraction of sp³-hybridized carbons (Fsp3) is 0.467. The van der Waals surface area contributed by atoms with E-state index in [2.05, 4.69) is 10.6 Å². The third-order valence-electron chi connectivity index (χ3n) is 3.16. The first-order valence-electron chi connectivity index (χ1n) is 6.73. The van der Waals surface area contributed by atoms with E-state index in [4.69, 9.17) is 5.11 Å². The van der Waals surface area contributed by atoms with Gasteiger partial charge in [-0.05, 0) is 30.4 Å². The fourth-order valence-corrected chi connectivity index (χ4v) is 1.91. The molecule has 0 aliphatic heterocycles. The van der Waals surface area contributed by atoms with Crippen molar-refractivity contribution in [3.8, 4) is 0 Å². The summed E-state index contributed by atoms with van der Waals surface area (Å²) in [4.78, 5) is 22.6. The highest BCUT2D eigenvalue weighted by Crippen LogP contribution is 2.06. The maximum atomic E-state index is 11.7. The predicted octanol–water partition coefficient (Wildman–Crippen LogP) is 1.95. The summed E-state index contributed by atoms with van der Waals surface area (Å²) in [6.07, 6.45) is 0.722. The molecule has 2 amide bonds. The minimum atomic E-state index is -1.02. The highest BCUT2D eigenvalue weighted by Gasteiger charge is 2.22. The van der Waals surface area contributed by atoms with Crippen molar-refractivity contribution in [2.75, 3.05) is 6.54 Å². The van der Waals surface area contributed by atoms with Crippen LogP contribution >= 0.6 is 0 Å². The molecule has 5 nitrogen and oxygen atoms in total. The second kappa shape index (κ2) is 7.53. The Kier molecular flexibility index (Phi) is 6.03. The van der Waals surface area contributed by atoms with Crippen molar-refractivity contribution in [2.45, 2.75) is 33.2 Å². The van der Waals surface area contributed by atoms with Crippen LogP contribution in [-0.4, -0.2) is 29.7 Å². The lowest BCUT2D eigenvalue weighted by Crippen LogP contribution is -2.48. The van der Waals surface area contributed by atoms with Crippen molar-refractivity contribution >= 4 is 12.0 Å². The smallest absolute Gasteiger partial charge is 0.326 e. The van der Waals surface area contributed by atoms with Crippen LogP contribution < -0.4 is 10.6 Å². The zero-order valence-electron chi connectivity index (χ0n) is 12.1. The molecule has 0 aliphatic rings. The Balaban J connectivity index is 2.40. The minimum Gasteiger partial charge on any atom is -0.480 e. The van der Waals surface area contributed by atoms with Gasteiger partial charge in [-0.2, -0.15) is 0 Å². The lowest BCUT2D eigenvalue weighted by atomic mass is 10.1. The number of carbonyl (C=O) groups is 2. The summed E-state index contributed by atoms with van der Waals surface area (Å²) >= 11 is 0. The molecule has 3 N–H and O–H groups in total. The van der Waals surface area contributed by atoms with Gasteiger partial charge in [-0.1, -0.05) is 38.1 Å². The number of aryl methyl sites for hydroxylation is 1. The maximum Gasteiger partial charge on any atom is 0.326 e. The molecule has 0 aromatic heterocycles. The van der Waals surface area contributed by atoms with Gasteiger partial charge in [0.2, 0.25) is 0 Å². The van der Waals surface area contributed by atoms with E-state index in [1.807, 2.05) is 31.2 Å². The van der Waals surface area contributed by atoms with Gasteiger partial charge >= 0.3 is 12.0 Å². The van der Waals surface area contributed by atoms with Crippen molar-refractivity contribution in [1.29, 1.82) is 0 Å². The minimum absolute atomic E-state index is 0.158. The number of carboxylic acid groups (broad SMARTS) is 1. The van der Waals surface area contributed by atoms with Gasteiger partial charge < -0.3 is 15.7 Å². The van der Waals surface area contributed by atoms with E-state index < -0.39 is 18.0 Å². The molecular weight excluding hydrogens is 256 g/mol. The number of amides is 2. The number of nitrogens with one attached hydrogen (secondary N) is 2. The van der Waals surface area contributed by atoms with E-state index >= 15 is 0 Å². The fourth-order valence-electron chi connectivity index (χ4n) is 1.91. The van der Waals surface area contributed by atoms with Crippen LogP contribution in [0.25, 0.3) is 0 Å². The van der Waals surface area contributed by atoms with Crippen LogP contribution in [0, 0.1) is 12.8 Å². The molecule has 0 spiro atoms. The molecule has 1 rings (SSSR count). The summed E-state index contributed by atoms with van der Waals surface area (Å²) in [7, 11) is 0. The Morgan fingerprint density at radius 3 is 2.45 bits per heavy atom. The highest BCUT2D eigenvalue weighted by atomic mass is 16.4. The molecular formula is C15H22N2O3. The largest absolute Gasteiger partial charge is 0.480 e. The van der Waals surface area contributed by atoms with E-state index in [1.54, 1.807) is 13.8 Å². The van der Waals surface area contributed by atoms with Gasteiger partial charge in [0, 0.05) is 6.54 Å². The maximum absolute atomic E-state index is 11.7. The third-order valence-corrected chi connectivity index (χ3v) is 3.16. The second-order valence-corrected chi connectivity index (χ2v) is 5.14. The van der Waals surface area contributed by atoms with E-state index in [-0.39, 0.29) is 5.92 Å². The summed E-state index contributed by atoms with van der Waals surface area (Å²) in [6.45, 7) is 6.01. The lowest BCUT2D eigenvalue weighted by Gasteiger charge is -2.18. The van der Waals surface area contributed by atoms with Gasteiger partial charge in [0.05, 0.1) is 0 Å². The molecule has 1 unspecified atom stereocenters. The van der Waals surface area contributed by atoms with Gasteiger partial charge in [-0.25, -0.2) is 9.59 Å². The Morgan fingerprint density at radius 1 is 1.25 bits per heavy atom. The molecule has 1 aromatic rings. The lowest BCUT2D eigenvalue weighted by molar-refractivity contribution is -0.140. The van der Waals surface area contributed by atoms with Crippen LogP contribution in [0.1, 0.15) is 25.0 Å². The number of carboxylic acids is 1. The Labute approximate surface area is 119 Å². The van der Waals surface area contributed by atoms with Crippen LogP contribution in [0.4, 0.5) is 4.79 Å². The third kappa shape index (κ3) is 4.91. The highest BCUT2D eigenvalue weighted by molar-refractivity contribution is 5.82.